The number of hydrogen-bond donors (Lipinski definition) is 3. The lowest BCUT2D eigenvalue weighted by Crippen LogP contribution is -2.28. The molecular weight excluding hydrogens is 270 g/mol. The van der Waals surface area contributed by atoms with E-state index in [1.165, 1.54) is 0 Å². The van der Waals surface area contributed by atoms with Gasteiger partial charge in [0.1, 0.15) is 0 Å². The number of methoxy groups -OCH3 is 1. The lowest BCUT2D eigenvalue weighted by Gasteiger charge is -2.11. The van der Waals surface area contributed by atoms with Crippen molar-refractivity contribution in [2.24, 2.45) is 10.7 Å². The SMILES string of the molecule is COCCNC(C)=Nc1ccc2c(c1)[C@@H](C(N)=O)[C@H](O)C2. The number of fused-ring (bicyclic) bond motifs is 1. The summed E-state index contributed by atoms with van der Waals surface area (Å²) in [6.45, 7) is 3.15. The summed E-state index contributed by atoms with van der Waals surface area (Å²) in [6.07, 6.45) is -0.282. The van der Waals surface area contributed by atoms with Crippen molar-refractivity contribution in [3.8, 4) is 0 Å². The fraction of sp³-hybridized carbons (Fsp3) is 0.467. The minimum Gasteiger partial charge on any atom is -0.392 e. The van der Waals surface area contributed by atoms with Crippen LogP contribution in [0.1, 0.15) is 24.0 Å². The minimum absolute atomic E-state index is 0.456. The van der Waals surface area contributed by atoms with Gasteiger partial charge >= 0.3 is 0 Å². The normalized spacial score (nSPS) is 21.2. The standard InChI is InChI=1S/C15H21N3O3/c1-9(17-5-6-21-2)18-11-4-3-10-7-13(19)14(15(16)20)12(10)8-11/h3-4,8,13-14,19H,5-7H2,1-2H3,(H2,16,20)(H,17,18)/t13-,14-/m1/s1. The van der Waals surface area contributed by atoms with Crippen LogP contribution in [0.4, 0.5) is 5.69 Å². The van der Waals surface area contributed by atoms with Crippen molar-refractivity contribution in [3.05, 3.63) is 29.3 Å². The topological polar surface area (TPSA) is 96.9 Å². The minimum atomic E-state index is -0.738. The molecule has 4 N–H and O–H groups in total. The lowest BCUT2D eigenvalue weighted by atomic mass is 9.99. The predicted molar refractivity (Wildman–Crippen MR) is 80.7 cm³/mol. The molecule has 6 nitrogen and oxygen atoms in total. The Balaban J connectivity index is 2.18. The largest absolute Gasteiger partial charge is 0.392 e. The molecule has 1 amide bonds. The summed E-state index contributed by atoms with van der Waals surface area (Å²) in [6, 6.07) is 5.58. The number of benzene rings is 1. The number of carbonyl (C=O) groups is 1. The van der Waals surface area contributed by atoms with Crippen LogP contribution in [0.25, 0.3) is 0 Å². The Morgan fingerprint density at radius 1 is 1.57 bits per heavy atom. The number of rotatable bonds is 5. The molecular formula is C15H21N3O3. The molecule has 0 fully saturated rings. The van der Waals surface area contributed by atoms with Gasteiger partial charge in [-0.05, 0) is 36.6 Å². The van der Waals surface area contributed by atoms with Crippen LogP contribution in [0.5, 0.6) is 0 Å². The first kappa shape index (κ1) is 15.5. The molecule has 1 aromatic rings. The number of nitrogens with one attached hydrogen (secondary N) is 1. The van der Waals surface area contributed by atoms with Gasteiger partial charge in [0.25, 0.3) is 0 Å². The molecule has 1 aliphatic carbocycles. The average Bonchev–Trinajstić information content (AvgIpc) is 2.74. The van der Waals surface area contributed by atoms with Gasteiger partial charge in [-0.2, -0.15) is 0 Å². The second-order valence-electron chi connectivity index (χ2n) is 5.15. The molecule has 6 heteroatoms. The van der Waals surface area contributed by atoms with Crippen LogP contribution in [0.2, 0.25) is 0 Å². The Kier molecular flexibility index (Phi) is 4.93. The molecule has 0 heterocycles. The molecule has 0 saturated heterocycles. The second-order valence-corrected chi connectivity index (χ2v) is 5.15. The van der Waals surface area contributed by atoms with E-state index >= 15 is 0 Å². The van der Waals surface area contributed by atoms with E-state index in [2.05, 4.69) is 10.3 Å². The van der Waals surface area contributed by atoms with Crippen molar-refractivity contribution in [2.75, 3.05) is 20.3 Å². The molecule has 0 bridgehead atoms. The number of ether oxygens (including phenoxy) is 1. The number of amidine groups is 1. The third-order valence-corrected chi connectivity index (χ3v) is 3.57. The summed E-state index contributed by atoms with van der Waals surface area (Å²) in [5, 5.41) is 13.1. The van der Waals surface area contributed by atoms with Crippen molar-refractivity contribution >= 4 is 17.4 Å². The molecule has 0 spiro atoms. The quantitative estimate of drug-likeness (QED) is 0.417. The van der Waals surface area contributed by atoms with Crippen LogP contribution in [0.15, 0.2) is 23.2 Å². The van der Waals surface area contributed by atoms with Crippen molar-refractivity contribution in [1.82, 2.24) is 5.32 Å². The van der Waals surface area contributed by atoms with E-state index in [4.69, 9.17) is 10.5 Å². The highest BCUT2D eigenvalue weighted by molar-refractivity contribution is 5.85. The molecule has 2 atom stereocenters. The van der Waals surface area contributed by atoms with Gasteiger partial charge in [-0.25, -0.2) is 4.99 Å². The van der Waals surface area contributed by atoms with Gasteiger partial charge in [-0.3, -0.25) is 4.79 Å². The Morgan fingerprint density at radius 2 is 2.33 bits per heavy atom. The first-order chi connectivity index (χ1) is 10.0. The maximum atomic E-state index is 11.5. The summed E-state index contributed by atoms with van der Waals surface area (Å²) in [7, 11) is 1.64. The summed E-state index contributed by atoms with van der Waals surface area (Å²) >= 11 is 0. The molecule has 2 rings (SSSR count). The Hall–Kier alpha value is -1.92. The summed E-state index contributed by atoms with van der Waals surface area (Å²) < 4.78 is 4.96. The molecule has 1 aliphatic rings. The van der Waals surface area contributed by atoms with Crippen molar-refractivity contribution in [1.29, 1.82) is 0 Å². The van der Waals surface area contributed by atoms with Gasteiger partial charge in [-0.15, -0.1) is 0 Å². The molecule has 114 valence electrons. The molecule has 0 radical (unpaired) electrons. The number of amides is 1. The fourth-order valence-corrected chi connectivity index (χ4v) is 2.59. The number of nitrogens with two attached hydrogens (primary N) is 1. The number of hydrogen-bond acceptors (Lipinski definition) is 4. The van der Waals surface area contributed by atoms with E-state index in [9.17, 15) is 9.90 Å². The fourth-order valence-electron chi connectivity index (χ4n) is 2.59. The molecule has 1 aromatic carbocycles. The molecule has 0 saturated carbocycles. The Bertz CT molecular complexity index is 557. The van der Waals surface area contributed by atoms with Crippen LogP contribution in [0, 0.1) is 0 Å². The van der Waals surface area contributed by atoms with Crippen LogP contribution >= 0.6 is 0 Å². The maximum absolute atomic E-state index is 11.5. The maximum Gasteiger partial charge on any atom is 0.227 e. The van der Waals surface area contributed by atoms with Crippen LogP contribution in [-0.2, 0) is 16.0 Å². The second kappa shape index (κ2) is 6.69. The van der Waals surface area contributed by atoms with E-state index in [1.807, 2.05) is 25.1 Å². The summed E-state index contributed by atoms with van der Waals surface area (Å²) in [5.74, 6) is -0.379. The highest BCUT2D eigenvalue weighted by Crippen LogP contribution is 2.35. The van der Waals surface area contributed by atoms with Gasteiger partial charge in [0, 0.05) is 13.7 Å². The molecule has 0 aromatic heterocycles. The molecule has 0 aliphatic heterocycles. The number of aliphatic hydroxyl groups excluding tert-OH is 1. The first-order valence-electron chi connectivity index (χ1n) is 6.91. The van der Waals surface area contributed by atoms with Gasteiger partial charge in [-0.1, -0.05) is 6.07 Å². The van der Waals surface area contributed by atoms with E-state index in [1.54, 1.807) is 7.11 Å². The zero-order valence-electron chi connectivity index (χ0n) is 12.3. The van der Waals surface area contributed by atoms with Crippen molar-refractivity contribution in [3.63, 3.8) is 0 Å². The van der Waals surface area contributed by atoms with Gasteiger partial charge in [0.15, 0.2) is 0 Å². The monoisotopic (exact) mass is 291 g/mol. The van der Waals surface area contributed by atoms with E-state index < -0.39 is 17.9 Å². The number of aliphatic imine (C=N–C) groups is 1. The van der Waals surface area contributed by atoms with E-state index in [-0.39, 0.29) is 0 Å². The number of nitrogens with zero attached hydrogens (tertiary/aromatic N) is 1. The molecule has 0 unspecified atom stereocenters. The third kappa shape index (κ3) is 3.59. The van der Waals surface area contributed by atoms with Crippen LogP contribution in [-0.4, -0.2) is 43.2 Å². The average molecular weight is 291 g/mol. The zero-order valence-corrected chi connectivity index (χ0v) is 12.3. The number of aliphatic hydroxyl groups is 1. The predicted octanol–water partition coefficient (Wildman–Crippen LogP) is 0.458. The highest BCUT2D eigenvalue weighted by atomic mass is 16.5. The lowest BCUT2D eigenvalue weighted by molar-refractivity contribution is -0.121. The highest BCUT2D eigenvalue weighted by Gasteiger charge is 2.35. The summed E-state index contributed by atoms with van der Waals surface area (Å²) in [5.41, 5.74) is 7.84. The van der Waals surface area contributed by atoms with Crippen molar-refractivity contribution < 1.29 is 14.6 Å². The Labute approximate surface area is 124 Å². The number of carbonyl (C=O) groups excluding carboxylic acids is 1. The van der Waals surface area contributed by atoms with Gasteiger partial charge in [0.2, 0.25) is 5.91 Å². The van der Waals surface area contributed by atoms with Crippen LogP contribution < -0.4 is 11.1 Å². The van der Waals surface area contributed by atoms with Crippen molar-refractivity contribution in [2.45, 2.75) is 25.4 Å². The first-order valence-corrected chi connectivity index (χ1v) is 6.91. The van der Waals surface area contributed by atoms with E-state index in [0.717, 1.165) is 22.6 Å². The number of primary amides is 1. The molecule has 21 heavy (non-hydrogen) atoms. The third-order valence-electron chi connectivity index (χ3n) is 3.57. The summed E-state index contributed by atoms with van der Waals surface area (Å²) in [4.78, 5) is 15.9. The Morgan fingerprint density at radius 3 is 3.00 bits per heavy atom. The smallest absolute Gasteiger partial charge is 0.227 e. The zero-order chi connectivity index (χ0) is 15.4. The van der Waals surface area contributed by atoms with Gasteiger partial charge < -0.3 is 20.9 Å². The van der Waals surface area contributed by atoms with E-state index in [0.29, 0.717) is 19.6 Å². The van der Waals surface area contributed by atoms with Crippen LogP contribution in [0.3, 0.4) is 0 Å². The van der Waals surface area contributed by atoms with Gasteiger partial charge in [0.05, 0.1) is 30.2 Å².